The number of amides is 3. The highest BCUT2D eigenvalue weighted by molar-refractivity contribution is 5.77. The lowest BCUT2D eigenvalue weighted by Gasteiger charge is -2.24. The largest absolute Gasteiger partial charge is 0.469 e. The molecule has 0 fully saturated rings. The molecule has 0 aromatic rings. The number of alkyl carbamates (subject to hydrolysis) is 1. The summed E-state index contributed by atoms with van der Waals surface area (Å²) in [6, 6.07) is 0. The number of carbonyl (C=O) groups excluding carboxylic acids is 4. The molecule has 0 rings (SSSR count). The minimum absolute atomic E-state index is 0.0312. The first kappa shape index (κ1) is 32.7. The van der Waals surface area contributed by atoms with E-state index >= 15 is 0 Å². The zero-order valence-electron chi connectivity index (χ0n) is 23.3. The first-order valence-corrected chi connectivity index (χ1v) is 12.7. The fourth-order valence-electron chi connectivity index (χ4n) is 3.61. The van der Waals surface area contributed by atoms with Crippen LogP contribution >= 0.6 is 0 Å². The van der Waals surface area contributed by atoms with Gasteiger partial charge in [-0.25, -0.2) is 4.79 Å². The van der Waals surface area contributed by atoms with Crippen molar-refractivity contribution in [1.29, 1.82) is 0 Å². The monoisotopic (exact) mass is 499 g/mol. The summed E-state index contributed by atoms with van der Waals surface area (Å²) in [5, 5.41) is 8.56. The van der Waals surface area contributed by atoms with Crippen LogP contribution in [0.5, 0.6) is 0 Å². The predicted molar refractivity (Wildman–Crippen MR) is 137 cm³/mol. The van der Waals surface area contributed by atoms with E-state index in [1.165, 1.54) is 7.11 Å². The van der Waals surface area contributed by atoms with Crippen LogP contribution in [0.25, 0.3) is 0 Å². The Morgan fingerprint density at radius 3 is 1.86 bits per heavy atom. The normalized spacial score (nSPS) is 14.1. The second kappa shape index (κ2) is 16.4. The number of hydrogen-bond donors (Lipinski definition) is 3. The summed E-state index contributed by atoms with van der Waals surface area (Å²) >= 11 is 0. The van der Waals surface area contributed by atoms with Gasteiger partial charge in [-0.1, -0.05) is 34.6 Å². The molecule has 0 saturated heterocycles. The van der Waals surface area contributed by atoms with Crippen LogP contribution in [-0.4, -0.2) is 56.2 Å². The summed E-state index contributed by atoms with van der Waals surface area (Å²) in [7, 11) is 1.37. The van der Waals surface area contributed by atoms with Crippen LogP contribution in [-0.2, 0) is 23.9 Å². The fraction of sp³-hybridized carbons (Fsp3) is 0.846. The molecule has 0 spiro atoms. The predicted octanol–water partition coefficient (Wildman–Crippen LogP) is 3.66. The van der Waals surface area contributed by atoms with Gasteiger partial charge in [-0.15, -0.1) is 0 Å². The van der Waals surface area contributed by atoms with Gasteiger partial charge in [-0.3, -0.25) is 14.4 Å². The van der Waals surface area contributed by atoms with Crippen molar-refractivity contribution in [2.45, 2.75) is 86.7 Å². The molecule has 204 valence electrons. The summed E-state index contributed by atoms with van der Waals surface area (Å²) in [4.78, 5) is 48.4. The molecule has 3 N–H and O–H groups in total. The third-order valence-corrected chi connectivity index (χ3v) is 5.56. The van der Waals surface area contributed by atoms with Crippen molar-refractivity contribution in [3.8, 4) is 0 Å². The highest BCUT2D eigenvalue weighted by Gasteiger charge is 2.22. The quantitative estimate of drug-likeness (QED) is 0.296. The summed E-state index contributed by atoms with van der Waals surface area (Å²) in [6.07, 6.45) is 1.16. The van der Waals surface area contributed by atoms with E-state index in [0.717, 1.165) is 6.42 Å². The number of ether oxygens (including phenoxy) is 2. The van der Waals surface area contributed by atoms with Crippen molar-refractivity contribution < 1.29 is 28.7 Å². The zero-order valence-corrected chi connectivity index (χ0v) is 23.3. The van der Waals surface area contributed by atoms with Gasteiger partial charge in [-0.05, 0) is 56.8 Å². The van der Waals surface area contributed by atoms with Crippen molar-refractivity contribution in [3.63, 3.8) is 0 Å². The van der Waals surface area contributed by atoms with Crippen molar-refractivity contribution in [3.05, 3.63) is 0 Å². The Hall–Kier alpha value is -2.32. The summed E-state index contributed by atoms with van der Waals surface area (Å²) in [6.45, 7) is 16.6. The van der Waals surface area contributed by atoms with Crippen LogP contribution in [0.4, 0.5) is 4.79 Å². The van der Waals surface area contributed by atoms with E-state index in [9.17, 15) is 19.2 Å². The highest BCUT2D eigenvalue weighted by Crippen LogP contribution is 2.17. The third-order valence-electron chi connectivity index (χ3n) is 5.56. The molecule has 9 heteroatoms. The smallest absolute Gasteiger partial charge is 0.407 e. The van der Waals surface area contributed by atoms with Gasteiger partial charge >= 0.3 is 12.1 Å². The lowest BCUT2D eigenvalue weighted by Crippen LogP contribution is -2.39. The van der Waals surface area contributed by atoms with Gasteiger partial charge in [0, 0.05) is 38.9 Å². The van der Waals surface area contributed by atoms with E-state index in [0.29, 0.717) is 25.6 Å². The molecule has 35 heavy (non-hydrogen) atoms. The number of rotatable bonds is 15. The van der Waals surface area contributed by atoms with Crippen molar-refractivity contribution in [2.24, 2.45) is 29.6 Å². The Kier molecular flexibility index (Phi) is 15.3. The van der Waals surface area contributed by atoms with Crippen molar-refractivity contribution >= 4 is 23.9 Å². The van der Waals surface area contributed by atoms with Crippen LogP contribution in [0.2, 0.25) is 0 Å². The van der Waals surface area contributed by atoms with E-state index in [4.69, 9.17) is 9.47 Å². The van der Waals surface area contributed by atoms with E-state index in [-0.39, 0.29) is 60.7 Å². The molecule has 9 nitrogen and oxygen atoms in total. The van der Waals surface area contributed by atoms with E-state index < -0.39 is 11.7 Å². The Bertz CT molecular complexity index is 672. The maximum atomic E-state index is 12.5. The number of methoxy groups -OCH3 is 1. The lowest BCUT2D eigenvalue weighted by molar-refractivity contribution is -0.142. The van der Waals surface area contributed by atoms with Crippen LogP contribution in [0.15, 0.2) is 0 Å². The Labute approximate surface area is 211 Å². The van der Waals surface area contributed by atoms with Crippen LogP contribution in [0.3, 0.4) is 0 Å². The van der Waals surface area contributed by atoms with E-state index in [1.807, 2.05) is 20.8 Å². The zero-order chi connectivity index (χ0) is 27.2. The molecule has 0 unspecified atom stereocenters. The van der Waals surface area contributed by atoms with Gasteiger partial charge in [0.2, 0.25) is 11.8 Å². The lowest BCUT2D eigenvalue weighted by atomic mass is 9.92. The van der Waals surface area contributed by atoms with Gasteiger partial charge in [0.05, 0.1) is 7.11 Å². The number of hydrogen-bond acceptors (Lipinski definition) is 6. The Morgan fingerprint density at radius 1 is 0.771 bits per heavy atom. The topological polar surface area (TPSA) is 123 Å². The SMILES string of the molecule is COC(=O)C[C@H](CNC(=O)C[C@@H](C)CNC(=O)C[C@H](CNC(=O)OC(C)(C)C)C(C)C)CC(C)C. The molecule has 0 heterocycles. The average molecular weight is 500 g/mol. The summed E-state index contributed by atoms with van der Waals surface area (Å²) < 4.78 is 10.0. The maximum Gasteiger partial charge on any atom is 0.407 e. The molecule has 0 aliphatic carbocycles. The average Bonchev–Trinajstić information content (AvgIpc) is 2.71. The van der Waals surface area contributed by atoms with E-state index in [1.54, 1.807) is 20.8 Å². The van der Waals surface area contributed by atoms with Gasteiger partial charge in [-0.2, -0.15) is 0 Å². The first-order chi connectivity index (χ1) is 16.1. The standard InChI is InChI=1S/C26H49N3O6/c1-17(2)10-20(12-24(32)34-9)15-28-22(30)11-19(5)14-27-23(31)13-21(18(3)4)16-29-25(33)35-26(6,7)8/h17-21H,10-16H2,1-9H3,(H,27,31)(H,28,30)(H,29,33)/t19-,20-,21-/m1/s1. The third kappa shape index (κ3) is 17.7. The number of carbonyl (C=O) groups is 4. The van der Waals surface area contributed by atoms with Crippen LogP contribution in [0.1, 0.15) is 81.1 Å². The Balaban J connectivity index is 4.47. The fourth-order valence-corrected chi connectivity index (χ4v) is 3.61. The molecule has 0 aliphatic heterocycles. The second-order valence-electron chi connectivity index (χ2n) is 11.3. The van der Waals surface area contributed by atoms with Crippen molar-refractivity contribution in [1.82, 2.24) is 16.0 Å². The molecule has 0 saturated carbocycles. The summed E-state index contributed by atoms with van der Waals surface area (Å²) in [5.74, 6) is 0.0660. The molecule has 0 aromatic heterocycles. The molecule has 0 bridgehead atoms. The van der Waals surface area contributed by atoms with Crippen LogP contribution < -0.4 is 16.0 Å². The molecule has 0 aliphatic rings. The molecule has 0 radical (unpaired) electrons. The molecular formula is C26H49N3O6. The maximum absolute atomic E-state index is 12.5. The van der Waals surface area contributed by atoms with E-state index in [2.05, 4.69) is 29.8 Å². The molecule has 3 atom stereocenters. The molecule has 3 amide bonds. The minimum atomic E-state index is -0.575. The number of esters is 1. The number of nitrogens with one attached hydrogen (secondary N) is 3. The second-order valence-corrected chi connectivity index (χ2v) is 11.3. The first-order valence-electron chi connectivity index (χ1n) is 12.7. The van der Waals surface area contributed by atoms with Crippen molar-refractivity contribution in [2.75, 3.05) is 26.7 Å². The minimum Gasteiger partial charge on any atom is -0.469 e. The van der Waals surface area contributed by atoms with Gasteiger partial charge in [0.1, 0.15) is 5.60 Å². The van der Waals surface area contributed by atoms with Gasteiger partial charge in [0.15, 0.2) is 0 Å². The van der Waals surface area contributed by atoms with Crippen LogP contribution in [0, 0.1) is 29.6 Å². The highest BCUT2D eigenvalue weighted by atomic mass is 16.6. The summed E-state index contributed by atoms with van der Waals surface area (Å²) in [5.41, 5.74) is -0.575. The van der Waals surface area contributed by atoms with Gasteiger partial charge < -0.3 is 25.4 Å². The molecule has 0 aromatic carbocycles. The van der Waals surface area contributed by atoms with Gasteiger partial charge in [0.25, 0.3) is 0 Å². The molecular weight excluding hydrogens is 450 g/mol. The Morgan fingerprint density at radius 2 is 1.34 bits per heavy atom.